The zero-order chi connectivity index (χ0) is 11.8. The van der Waals surface area contributed by atoms with E-state index in [1.807, 2.05) is 7.05 Å². The van der Waals surface area contributed by atoms with Crippen LogP contribution >= 0.6 is 0 Å². The zero-order valence-electron chi connectivity index (χ0n) is 10.3. The molecule has 1 fully saturated rings. The highest BCUT2D eigenvalue weighted by atomic mass is 16.5. The molecular formula is C11H23N3O2. The van der Waals surface area contributed by atoms with Crippen LogP contribution in [0.3, 0.4) is 0 Å². The normalized spacial score (nSPS) is 16.2. The van der Waals surface area contributed by atoms with Gasteiger partial charge in [0.1, 0.15) is 0 Å². The molecule has 1 rings (SSSR count). The highest BCUT2D eigenvalue weighted by molar-refractivity contribution is 5.77. The van der Waals surface area contributed by atoms with Gasteiger partial charge in [0.05, 0.1) is 13.2 Å². The lowest BCUT2D eigenvalue weighted by Gasteiger charge is -2.28. The van der Waals surface area contributed by atoms with E-state index < -0.39 is 0 Å². The Morgan fingerprint density at radius 2 is 2.31 bits per heavy atom. The Hall–Kier alpha value is -0.650. The second-order valence-electron chi connectivity index (χ2n) is 4.39. The summed E-state index contributed by atoms with van der Waals surface area (Å²) in [6, 6.07) is 0. The van der Waals surface area contributed by atoms with Crippen molar-refractivity contribution in [3.05, 3.63) is 0 Å². The van der Waals surface area contributed by atoms with Crippen molar-refractivity contribution in [2.45, 2.75) is 6.42 Å². The average molecular weight is 229 g/mol. The molecule has 16 heavy (non-hydrogen) atoms. The van der Waals surface area contributed by atoms with Crippen molar-refractivity contribution in [3.8, 4) is 0 Å². The second kappa shape index (κ2) is 7.60. The Bertz CT molecular complexity index is 207. The van der Waals surface area contributed by atoms with E-state index in [0.29, 0.717) is 19.7 Å². The topological polar surface area (TPSA) is 53.6 Å². The van der Waals surface area contributed by atoms with E-state index in [0.717, 1.165) is 25.6 Å². The van der Waals surface area contributed by atoms with E-state index >= 15 is 0 Å². The third-order valence-electron chi connectivity index (χ3n) is 2.83. The molecule has 5 heteroatoms. The van der Waals surface area contributed by atoms with E-state index in [-0.39, 0.29) is 5.91 Å². The first-order chi connectivity index (χ1) is 7.72. The maximum atomic E-state index is 11.4. The molecule has 0 aromatic carbocycles. The molecule has 0 aliphatic carbocycles. The van der Waals surface area contributed by atoms with E-state index in [1.54, 1.807) is 7.11 Å². The van der Waals surface area contributed by atoms with Crippen LogP contribution in [0.2, 0.25) is 0 Å². The summed E-state index contributed by atoms with van der Waals surface area (Å²) in [5.74, 6) is 0.880. The molecule has 5 nitrogen and oxygen atoms in total. The van der Waals surface area contributed by atoms with Crippen LogP contribution in [0.15, 0.2) is 0 Å². The molecule has 0 radical (unpaired) electrons. The van der Waals surface area contributed by atoms with E-state index in [2.05, 4.69) is 15.5 Å². The summed E-state index contributed by atoms with van der Waals surface area (Å²) in [6.45, 7) is 4.90. The summed E-state index contributed by atoms with van der Waals surface area (Å²) in [4.78, 5) is 13.5. The largest absolute Gasteiger partial charge is 0.383 e. The van der Waals surface area contributed by atoms with E-state index in [4.69, 9.17) is 4.74 Å². The van der Waals surface area contributed by atoms with Crippen molar-refractivity contribution in [2.24, 2.45) is 5.92 Å². The molecule has 0 aromatic heterocycles. The van der Waals surface area contributed by atoms with E-state index in [9.17, 15) is 4.79 Å². The Morgan fingerprint density at radius 1 is 1.56 bits per heavy atom. The number of methoxy groups -OCH3 is 1. The molecule has 1 aliphatic heterocycles. The monoisotopic (exact) mass is 229 g/mol. The summed E-state index contributed by atoms with van der Waals surface area (Å²) in [5, 5.41) is 6.06. The van der Waals surface area contributed by atoms with Gasteiger partial charge < -0.3 is 15.4 Å². The predicted molar refractivity (Wildman–Crippen MR) is 63.4 cm³/mol. The summed E-state index contributed by atoms with van der Waals surface area (Å²) in [6.07, 6.45) is 1.18. The molecule has 0 atom stereocenters. The molecule has 0 spiro atoms. The molecule has 2 N–H and O–H groups in total. The van der Waals surface area contributed by atoms with Gasteiger partial charge >= 0.3 is 0 Å². The minimum atomic E-state index is 0.0753. The molecular weight excluding hydrogens is 206 g/mol. The number of nitrogens with one attached hydrogen (secondary N) is 2. The van der Waals surface area contributed by atoms with Crippen LogP contribution in [0.4, 0.5) is 0 Å². The summed E-state index contributed by atoms with van der Waals surface area (Å²) < 4.78 is 4.86. The number of carbonyl (C=O) groups excluding carboxylic acids is 1. The van der Waals surface area contributed by atoms with Crippen LogP contribution in [0.1, 0.15) is 6.42 Å². The number of carbonyl (C=O) groups is 1. The fourth-order valence-corrected chi connectivity index (χ4v) is 1.63. The van der Waals surface area contributed by atoms with Crippen LogP contribution in [0.25, 0.3) is 0 Å². The smallest absolute Gasteiger partial charge is 0.234 e. The molecule has 0 saturated carbocycles. The maximum absolute atomic E-state index is 11.4. The Balaban J connectivity index is 1.98. The first kappa shape index (κ1) is 13.4. The minimum absolute atomic E-state index is 0.0753. The van der Waals surface area contributed by atoms with Crippen LogP contribution < -0.4 is 10.6 Å². The standard InChI is InChI=1S/C11H23N3O2/c1-14(5-3-10-7-12-8-10)9-11(15)13-4-6-16-2/h10,12H,3-9H2,1-2H3,(H,13,15). The van der Waals surface area contributed by atoms with Gasteiger partial charge in [0.15, 0.2) is 0 Å². The lowest BCUT2D eigenvalue weighted by atomic mass is 9.99. The number of nitrogens with zero attached hydrogens (tertiary/aromatic N) is 1. The lowest BCUT2D eigenvalue weighted by Crippen LogP contribution is -2.44. The average Bonchev–Trinajstić information content (AvgIpc) is 2.15. The van der Waals surface area contributed by atoms with Crippen LogP contribution in [-0.2, 0) is 9.53 Å². The van der Waals surface area contributed by atoms with Gasteiger partial charge in [0.2, 0.25) is 5.91 Å². The summed E-state index contributed by atoms with van der Waals surface area (Å²) in [5.41, 5.74) is 0. The van der Waals surface area contributed by atoms with Gasteiger partial charge in [-0.05, 0) is 39.0 Å². The van der Waals surface area contributed by atoms with Crippen molar-refractivity contribution < 1.29 is 9.53 Å². The SMILES string of the molecule is COCCNC(=O)CN(C)CCC1CNC1. The van der Waals surface area contributed by atoms with Crippen LogP contribution in [0.5, 0.6) is 0 Å². The number of amides is 1. The molecule has 94 valence electrons. The van der Waals surface area contributed by atoms with Crippen molar-refractivity contribution in [3.63, 3.8) is 0 Å². The number of rotatable bonds is 8. The molecule has 0 unspecified atom stereocenters. The highest BCUT2D eigenvalue weighted by Gasteiger charge is 2.17. The minimum Gasteiger partial charge on any atom is -0.383 e. The quantitative estimate of drug-likeness (QED) is 0.540. The first-order valence-corrected chi connectivity index (χ1v) is 5.87. The Labute approximate surface area is 97.5 Å². The zero-order valence-corrected chi connectivity index (χ0v) is 10.3. The number of ether oxygens (including phenoxy) is 1. The summed E-state index contributed by atoms with van der Waals surface area (Å²) in [7, 11) is 3.62. The number of likely N-dealkylation sites (N-methyl/N-ethyl adjacent to an activating group) is 1. The van der Waals surface area contributed by atoms with Crippen molar-refractivity contribution in [1.82, 2.24) is 15.5 Å². The number of hydrogen-bond donors (Lipinski definition) is 2. The van der Waals surface area contributed by atoms with Gasteiger partial charge in [-0.3, -0.25) is 9.69 Å². The van der Waals surface area contributed by atoms with Gasteiger partial charge in [-0.1, -0.05) is 0 Å². The second-order valence-corrected chi connectivity index (χ2v) is 4.39. The Kier molecular flexibility index (Phi) is 6.37. The fourth-order valence-electron chi connectivity index (χ4n) is 1.63. The molecule has 0 aromatic rings. The fraction of sp³-hybridized carbons (Fsp3) is 0.909. The number of hydrogen-bond acceptors (Lipinski definition) is 4. The molecule has 1 aliphatic rings. The Morgan fingerprint density at radius 3 is 2.88 bits per heavy atom. The van der Waals surface area contributed by atoms with Crippen LogP contribution in [0, 0.1) is 5.92 Å². The molecule has 1 saturated heterocycles. The third kappa shape index (κ3) is 5.44. The van der Waals surface area contributed by atoms with E-state index in [1.165, 1.54) is 6.42 Å². The summed E-state index contributed by atoms with van der Waals surface area (Å²) >= 11 is 0. The van der Waals surface area contributed by atoms with Crippen molar-refractivity contribution in [2.75, 3.05) is 53.5 Å². The van der Waals surface area contributed by atoms with Gasteiger partial charge in [-0.15, -0.1) is 0 Å². The highest BCUT2D eigenvalue weighted by Crippen LogP contribution is 2.08. The molecule has 0 bridgehead atoms. The van der Waals surface area contributed by atoms with Crippen LogP contribution in [-0.4, -0.2) is 64.3 Å². The third-order valence-corrected chi connectivity index (χ3v) is 2.83. The van der Waals surface area contributed by atoms with Gasteiger partial charge in [0.25, 0.3) is 0 Å². The van der Waals surface area contributed by atoms with Gasteiger partial charge in [-0.2, -0.15) is 0 Å². The lowest BCUT2D eigenvalue weighted by molar-refractivity contribution is -0.122. The first-order valence-electron chi connectivity index (χ1n) is 5.87. The van der Waals surface area contributed by atoms with Crippen molar-refractivity contribution in [1.29, 1.82) is 0 Å². The molecule has 1 amide bonds. The predicted octanol–water partition coefficient (Wildman–Crippen LogP) is -0.710. The van der Waals surface area contributed by atoms with Crippen molar-refractivity contribution >= 4 is 5.91 Å². The van der Waals surface area contributed by atoms with Gasteiger partial charge in [-0.25, -0.2) is 0 Å². The van der Waals surface area contributed by atoms with Gasteiger partial charge in [0, 0.05) is 13.7 Å². The maximum Gasteiger partial charge on any atom is 0.234 e. The molecule has 1 heterocycles.